The summed E-state index contributed by atoms with van der Waals surface area (Å²) in [6.45, 7) is 0.777. The van der Waals surface area contributed by atoms with Gasteiger partial charge in [0.05, 0.1) is 0 Å². The normalized spacial score (nSPS) is 31.4. The molecule has 1 N–H and O–H groups in total. The fourth-order valence-corrected chi connectivity index (χ4v) is 3.61. The summed E-state index contributed by atoms with van der Waals surface area (Å²) in [6, 6.07) is 10.4. The number of aliphatic carboxylic acids is 1. The minimum atomic E-state index is -0.639. The predicted octanol–water partition coefficient (Wildman–Crippen LogP) is 2.51. The second-order valence-electron chi connectivity index (χ2n) is 5.51. The number of rotatable bonds is 3. The van der Waals surface area contributed by atoms with Crippen LogP contribution in [0.2, 0.25) is 0 Å². The van der Waals surface area contributed by atoms with E-state index in [2.05, 4.69) is 17.0 Å². The topological polar surface area (TPSA) is 40.5 Å². The zero-order chi connectivity index (χ0) is 12.5. The Kier molecular flexibility index (Phi) is 3.08. The monoisotopic (exact) mass is 245 g/mol. The Labute approximate surface area is 107 Å². The first-order valence-corrected chi connectivity index (χ1v) is 6.78. The van der Waals surface area contributed by atoms with E-state index in [1.165, 1.54) is 18.4 Å². The van der Waals surface area contributed by atoms with E-state index in [1.54, 1.807) is 0 Å². The van der Waals surface area contributed by atoms with E-state index in [9.17, 15) is 9.90 Å². The van der Waals surface area contributed by atoms with Gasteiger partial charge in [0.15, 0.2) is 0 Å². The molecule has 3 heteroatoms. The number of nitrogens with zero attached hydrogens (tertiary/aromatic N) is 1. The molecule has 0 spiro atoms. The SMILES string of the molecule is O=C(O)C1C2CCC(CC2)N1Cc1ccccc1. The molecule has 1 aliphatic carbocycles. The van der Waals surface area contributed by atoms with Crippen LogP contribution in [0.25, 0.3) is 0 Å². The summed E-state index contributed by atoms with van der Waals surface area (Å²) >= 11 is 0. The van der Waals surface area contributed by atoms with Gasteiger partial charge >= 0.3 is 5.97 Å². The number of carbonyl (C=O) groups is 1. The lowest BCUT2D eigenvalue weighted by Crippen LogP contribution is -2.57. The molecule has 0 radical (unpaired) electrons. The maximum absolute atomic E-state index is 11.5. The van der Waals surface area contributed by atoms with Gasteiger partial charge in [-0.15, -0.1) is 0 Å². The molecule has 1 aromatic carbocycles. The van der Waals surface area contributed by atoms with Gasteiger partial charge in [-0.1, -0.05) is 30.3 Å². The number of benzene rings is 1. The summed E-state index contributed by atoms with van der Waals surface area (Å²) < 4.78 is 0. The fraction of sp³-hybridized carbons (Fsp3) is 0.533. The van der Waals surface area contributed by atoms with Gasteiger partial charge in [-0.25, -0.2) is 0 Å². The van der Waals surface area contributed by atoms with E-state index < -0.39 is 5.97 Å². The van der Waals surface area contributed by atoms with Gasteiger partial charge in [0.1, 0.15) is 6.04 Å². The van der Waals surface area contributed by atoms with Crippen molar-refractivity contribution < 1.29 is 9.90 Å². The first-order valence-electron chi connectivity index (χ1n) is 6.78. The molecule has 1 saturated carbocycles. The lowest BCUT2D eigenvalue weighted by Gasteiger charge is -2.49. The molecule has 2 bridgehead atoms. The molecule has 3 nitrogen and oxygen atoms in total. The Hall–Kier alpha value is -1.35. The van der Waals surface area contributed by atoms with E-state index in [4.69, 9.17) is 0 Å². The van der Waals surface area contributed by atoms with Crippen molar-refractivity contribution in [1.29, 1.82) is 0 Å². The number of carboxylic acid groups (broad SMARTS) is 1. The smallest absolute Gasteiger partial charge is 0.321 e. The number of hydrogen-bond donors (Lipinski definition) is 1. The lowest BCUT2D eigenvalue weighted by atomic mass is 9.74. The minimum absolute atomic E-state index is 0.266. The third-order valence-corrected chi connectivity index (χ3v) is 4.48. The van der Waals surface area contributed by atoms with Crippen molar-refractivity contribution in [2.75, 3.05) is 0 Å². The predicted molar refractivity (Wildman–Crippen MR) is 69.2 cm³/mol. The van der Waals surface area contributed by atoms with E-state index in [0.29, 0.717) is 12.0 Å². The van der Waals surface area contributed by atoms with Crippen LogP contribution in [-0.2, 0) is 11.3 Å². The summed E-state index contributed by atoms with van der Waals surface area (Å²) in [7, 11) is 0. The van der Waals surface area contributed by atoms with Crippen molar-refractivity contribution in [2.24, 2.45) is 5.92 Å². The van der Waals surface area contributed by atoms with Gasteiger partial charge in [0.25, 0.3) is 0 Å². The highest BCUT2D eigenvalue weighted by Crippen LogP contribution is 2.40. The number of piperidine rings is 2. The van der Waals surface area contributed by atoms with Crippen LogP contribution in [0.5, 0.6) is 0 Å². The second-order valence-corrected chi connectivity index (χ2v) is 5.51. The molecule has 96 valence electrons. The van der Waals surface area contributed by atoms with Gasteiger partial charge < -0.3 is 5.11 Å². The number of carboxylic acids is 1. The Morgan fingerprint density at radius 2 is 1.83 bits per heavy atom. The fourth-order valence-electron chi connectivity index (χ4n) is 3.61. The van der Waals surface area contributed by atoms with Crippen LogP contribution < -0.4 is 0 Å². The molecule has 0 aromatic heterocycles. The highest BCUT2D eigenvalue weighted by molar-refractivity contribution is 5.74. The van der Waals surface area contributed by atoms with Crippen LogP contribution in [0.15, 0.2) is 30.3 Å². The van der Waals surface area contributed by atoms with Gasteiger partial charge in [-0.2, -0.15) is 0 Å². The average molecular weight is 245 g/mol. The summed E-state index contributed by atoms with van der Waals surface area (Å²) in [5.74, 6) is -0.281. The molecule has 18 heavy (non-hydrogen) atoms. The highest BCUT2D eigenvalue weighted by atomic mass is 16.4. The van der Waals surface area contributed by atoms with Crippen LogP contribution in [-0.4, -0.2) is 28.1 Å². The van der Waals surface area contributed by atoms with E-state index in [1.807, 2.05) is 18.2 Å². The third kappa shape index (κ3) is 2.03. The molecule has 3 fully saturated rings. The van der Waals surface area contributed by atoms with Crippen LogP contribution in [0.3, 0.4) is 0 Å². The first kappa shape index (κ1) is 11.7. The maximum atomic E-state index is 11.5. The molecule has 1 unspecified atom stereocenters. The summed E-state index contributed by atoms with van der Waals surface area (Å²) in [5, 5.41) is 9.47. The van der Waals surface area contributed by atoms with Crippen molar-refractivity contribution in [3.63, 3.8) is 0 Å². The van der Waals surface area contributed by atoms with Crippen molar-refractivity contribution in [3.8, 4) is 0 Å². The molecule has 2 aliphatic heterocycles. The quantitative estimate of drug-likeness (QED) is 0.889. The van der Waals surface area contributed by atoms with E-state index in [-0.39, 0.29) is 6.04 Å². The van der Waals surface area contributed by atoms with Gasteiger partial charge in [0.2, 0.25) is 0 Å². The maximum Gasteiger partial charge on any atom is 0.321 e. The average Bonchev–Trinajstić information content (AvgIpc) is 2.40. The summed E-state index contributed by atoms with van der Waals surface area (Å²) in [4.78, 5) is 13.7. The van der Waals surface area contributed by atoms with Crippen molar-refractivity contribution in [1.82, 2.24) is 4.90 Å². The number of hydrogen-bond acceptors (Lipinski definition) is 2. The first-order chi connectivity index (χ1) is 8.75. The van der Waals surface area contributed by atoms with E-state index >= 15 is 0 Å². The minimum Gasteiger partial charge on any atom is -0.480 e. The van der Waals surface area contributed by atoms with Crippen molar-refractivity contribution in [3.05, 3.63) is 35.9 Å². The van der Waals surface area contributed by atoms with Gasteiger partial charge in [-0.3, -0.25) is 9.69 Å². The van der Waals surface area contributed by atoms with Gasteiger partial charge in [-0.05, 0) is 37.2 Å². The van der Waals surface area contributed by atoms with Gasteiger partial charge in [0, 0.05) is 12.6 Å². The summed E-state index contributed by atoms with van der Waals surface area (Å²) in [6.07, 6.45) is 4.52. The molecule has 0 amide bonds. The zero-order valence-corrected chi connectivity index (χ0v) is 10.5. The highest BCUT2D eigenvalue weighted by Gasteiger charge is 2.45. The molecule has 1 atom stereocenters. The van der Waals surface area contributed by atoms with Crippen LogP contribution in [0, 0.1) is 5.92 Å². The largest absolute Gasteiger partial charge is 0.480 e. The molecule has 3 aliphatic rings. The van der Waals surface area contributed by atoms with Crippen molar-refractivity contribution >= 4 is 5.97 Å². The zero-order valence-electron chi connectivity index (χ0n) is 10.5. The van der Waals surface area contributed by atoms with Crippen molar-refractivity contribution in [2.45, 2.75) is 44.3 Å². The third-order valence-electron chi connectivity index (χ3n) is 4.48. The van der Waals surface area contributed by atoms with E-state index in [0.717, 1.165) is 19.4 Å². The molecule has 2 saturated heterocycles. The molecule has 1 aromatic rings. The standard InChI is InChI=1S/C15H19NO2/c17-15(18)14-12-6-8-13(9-7-12)16(14)10-11-4-2-1-3-5-11/h1-5,12-14H,6-10H2,(H,17,18). The Morgan fingerprint density at radius 3 is 2.44 bits per heavy atom. The molecule has 4 rings (SSSR count). The molecular weight excluding hydrogens is 226 g/mol. The summed E-state index contributed by atoms with van der Waals surface area (Å²) in [5.41, 5.74) is 1.22. The van der Waals surface area contributed by atoms with Crippen LogP contribution >= 0.6 is 0 Å². The van der Waals surface area contributed by atoms with Crippen LogP contribution in [0.1, 0.15) is 31.2 Å². The Bertz CT molecular complexity index is 423. The lowest BCUT2D eigenvalue weighted by molar-refractivity contribution is -0.153. The number of fused-ring (bicyclic) bond motifs is 3. The molecule has 2 heterocycles. The second kappa shape index (κ2) is 4.73. The molecular formula is C15H19NO2. The Balaban J connectivity index is 1.82. The Morgan fingerprint density at radius 1 is 1.17 bits per heavy atom. The van der Waals surface area contributed by atoms with Crippen LogP contribution in [0.4, 0.5) is 0 Å².